The summed E-state index contributed by atoms with van der Waals surface area (Å²) in [6, 6.07) is 0.685. The molecule has 2 unspecified atom stereocenters. The Morgan fingerprint density at radius 1 is 1.56 bits per heavy atom. The molecule has 16 heavy (non-hydrogen) atoms. The third-order valence-electron chi connectivity index (χ3n) is 3.55. The van der Waals surface area contributed by atoms with Gasteiger partial charge in [-0.15, -0.1) is 0 Å². The molecule has 0 N–H and O–H groups in total. The molecule has 2 rings (SSSR count). The summed E-state index contributed by atoms with van der Waals surface area (Å²) in [5.41, 5.74) is 1.34. The second kappa shape index (κ2) is 5.32. The average molecular weight is 286 g/mol. The van der Waals surface area contributed by atoms with Crippen molar-refractivity contribution in [3.05, 3.63) is 18.0 Å². The van der Waals surface area contributed by atoms with E-state index < -0.39 is 0 Å². The molecule has 0 radical (unpaired) electrons. The number of halogens is 1. The molecular formula is C12H20BrN3. The zero-order valence-electron chi connectivity index (χ0n) is 10.1. The van der Waals surface area contributed by atoms with Crippen LogP contribution in [0.25, 0.3) is 0 Å². The molecular weight excluding hydrogens is 266 g/mol. The smallest absolute Gasteiger partial charge is 0.0534 e. The number of aryl methyl sites for hydroxylation is 1. The first-order valence-corrected chi connectivity index (χ1v) is 7.18. The van der Waals surface area contributed by atoms with Gasteiger partial charge in [-0.3, -0.25) is 9.58 Å². The molecule has 0 amide bonds. The van der Waals surface area contributed by atoms with E-state index in [1.54, 1.807) is 0 Å². The number of hydrogen-bond acceptors (Lipinski definition) is 2. The maximum absolute atomic E-state index is 4.32. The van der Waals surface area contributed by atoms with E-state index in [9.17, 15) is 0 Å². The van der Waals surface area contributed by atoms with Crippen molar-refractivity contribution in [2.45, 2.75) is 39.4 Å². The number of alkyl halides is 1. The van der Waals surface area contributed by atoms with Crippen LogP contribution in [-0.2, 0) is 13.1 Å². The molecule has 2 atom stereocenters. The summed E-state index contributed by atoms with van der Waals surface area (Å²) in [7, 11) is 0. The first kappa shape index (κ1) is 12.1. The molecule has 0 spiro atoms. The van der Waals surface area contributed by atoms with Crippen LogP contribution in [0.5, 0.6) is 0 Å². The first-order chi connectivity index (χ1) is 7.74. The summed E-state index contributed by atoms with van der Waals surface area (Å²) in [6.45, 7) is 7.69. The van der Waals surface area contributed by atoms with Crippen molar-refractivity contribution >= 4 is 15.9 Å². The minimum atomic E-state index is 0.685. The SMILES string of the molecule is CCn1cc(CN2CCC(C)C2CBr)cn1. The van der Waals surface area contributed by atoms with Crippen molar-refractivity contribution in [1.82, 2.24) is 14.7 Å². The number of nitrogens with zero attached hydrogens (tertiary/aromatic N) is 3. The van der Waals surface area contributed by atoms with E-state index >= 15 is 0 Å². The van der Waals surface area contributed by atoms with E-state index in [0.29, 0.717) is 6.04 Å². The van der Waals surface area contributed by atoms with Gasteiger partial charge < -0.3 is 0 Å². The Kier molecular flexibility index (Phi) is 4.03. The number of rotatable bonds is 4. The lowest BCUT2D eigenvalue weighted by Crippen LogP contribution is -2.32. The summed E-state index contributed by atoms with van der Waals surface area (Å²) in [5, 5.41) is 5.40. The van der Waals surface area contributed by atoms with E-state index in [-0.39, 0.29) is 0 Å². The summed E-state index contributed by atoms with van der Waals surface area (Å²) < 4.78 is 2.00. The molecule has 0 saturated carbocycles. The van der Waals surface area contributed by atoms with Gasteiger partial charge in [0.1, 0.15) is 0 Å². The summed E-state index contributed by atoms with van der Waals surface area (Å²) in [6.07, 6.45) is 5.48. The lowest BCUT2D eigenvalue weighted by Gasteiger charge is -2.24. The molecule has 1 aliphatic heterocycles. The van der Waals surface area contributed by atoms with Gasteiger partial charge in [0, 0.05) is 36.2 Å². The fourth-order valence-electron chi connectivity index (χ4n) is 2.43. The minimum Gasteiger partial charge on any atom is -0.295 e. The van der Waals surface area contributed by atoms with Crippen molar-refractivity contribution < 1.29 is 0 Å². The maximum atomic E-state index is 4.32. The zero-order chi connectivity index (χ0) is 11.5. The van der Waals surface area contributed by atoms with Gasteiger partial charge in [0.15, 0.2) is 0 Å². The van der Waals surface area contributed by atoms with Gasteiger partial charge in [0.2, 0.25) is 0 Å². The van der Waals surface area contributed by atoms with Crippen LogP contribution < -0.4 is 0 Å². The highest BCUT2D eigenvalue weighted by Gasteiger charge is 2.30. The van der Waals surface area contributed by atoms with E-state index in [4.69, 9.17) is 0 Å². The van der Waals surface area contributed by atoms with Crippen molar-refractivity contribution in [1.29, 1.82) is 0 Å². The van der Waals surface area contributed by atoms with Gasteiger partial charge in [-0.1, -0.05) is 22.9 Å². The third-order valence-corrected chi connectivity index (χ3v) is 4.22. The molecule has 4 heteroatoms. The van der Waals surface area contributed by atoms with Gasteiger partial charge in [-0.25, -0.2) is 0 Å². The van der Waals surface area contributed by atoms with Gasteiger partial charge in [0.05, 0.1) is 6.20 Å². The summed E-state index contributed by atoms with van der Waals surface area (Å²) in [5.74, 6) is 0.806. The second-order valence-electron chi connectivity index (χ2n) is 4.66. The van der Waals surface area contributed by atoms with Crippen molar-refractivity contribution in [3.8, 4) is 0 Å². The van der Waals surface area contributed by atoms with Gasteiger partial charge in [-0.05, 0) is 25.8 Å². The topological polar surface area (TPSA) is 21.1 Å². The molecule has 0 aromatic carbocycles. The van der Waals surface area contributed by atoms with E-state index in [0.717, 1.165) is 24.3 Å². The van der Waals surface area contributed by atoms with Gasteiger partial charge >= 0.3 is 0 Å². The highest BCUT2D eigenvalue weighted by atomic mass is 79.9. The summed E-state index contributed by atoms with van der Waals surface area (Å²) in [4.78, 5) is 2.57. The van der Waals surface area contributed by atoms with Crippen LogP contribution in [0.15, 0.2) is 12.4 Å². The van der Waals surface area contributed by atoms with Crippen molar-refractivity contribution in [3.63, 3.8) is 0 Å². The standard InChI is InChI=1S/C12H20BrN3/c1-3-16-9-11(7-14-16)8-15-5-4-10(2)12(15)6-13/h7,9-10,12H,3-6,8H2,1-2H3. The molecule has 1 aliphatic rings. The Balaban J connectivity index is 1.98. The molecule has 1 fully saturated rings. The fourth-order valence-corrected chi connectivity index (χ4v) is 3.48. The lowest BCUT2D eigenvalue weighted by atomic mass is 10.1. The highest BCUT2D eigenvalue weighted by molar-refractivity contribution is 9.09. The van der Waals surface area contributed by atoms with Crippen LogP contribution >= 0.6 is 15.9 Å². The third kappa shape index (κ3) is 2.48. The molecule has 0 aliphatic carbocycles. The lowest BCUT2D eigenvalue weighted by molar-refractivity contribution is 0.244. The predicted octanol–water partition coefficient (Wildman–Crippen LogP) is 2.51. The van der Waals surface area contributed by atoms with Gasteiger partial charge in [0.25, 0.3) is 0 Å². The van der Waals surface area contributed by atoms with Crippen LogP contribution in [0.4, 0.5) is 0 Å². The Morgan fingerprint density at radius 2 is 2.38 bits per heavy atom. The van der Waals surface area contributed by atoms with Crippen LogP contribution in [0.3, 0.4) is 0 Å². The molecule has 2 heterocycles. The average Bonchev–Trinajstić information content (AvgIpc) is 2.86. The Morgan fingerprint density at radius 3 is 3.00 bits per heavy atom. The van der Waals surface area contributed by atoms with E-state index in [2.05, 4.69) is 46.0 Å². The van der Waals surface area contributed by atoms with Crippen LogP contribution in [-0.4, -0.2) is 32.6 Å². The first-order valence-electron chi connectivity index (χ1n) is 6.06. The second-order valence-corrected chi connectivity index (χ2v) is 5.31. The Hall–Kier alpha value is -0.350. The maximum Gasteiger partial charge on any atom is 0.0534 e. The molecule has 1 aromatic heterocycles. The fraction of sp³-hybridized carbons (Fsp3) is 0.750. The highest BCUT2D eigenvalue weighted by Crippen LogP contribution is 2.26. The Bertz CT molecular complexity index is 337. The predicted molar refractivity (Wildman–Crippen MR) is 69.7 cm³/mol. The zero-order valence-corrected chi connectivity index (χ0v) is 11.7. The van der Waals surface area contributed by atoms with Gasteiger partial charge in [-0.2, -0.15) is 5.10 Å². The number of hydrogen-bond donors (Lipinski definition) is 0. The minimum absolute atomic E-state index is 0.685. The van der Waals surface area contributed by atoms with E-state index in [1.165, 1.54) is 18.5 Å². The Labute approximate surface area is 106 Å². The van der Waals surface area contributed by atoms with Crippen LogP contribution in [0.2, 0.25) is 0 Å². The summed E-state index contributed by atoms with van der Waals surface area (Å²) >= 11 is 3.63. The molecule has 90 valence electrons. The molecule has 0 bridgehead atoms. The van der Waals surface area contributed by atoms with E-state index in [1.807, 2.05) is 10.9 Å². The molecule has 3 nitrogen and oxygen atoms in total. The van der Waals surface area contributed by atoms with Crippen LogP contribution in [0, 0.1) is 5.92 Å². The quantitative estimate of drug-likeness (QED) is 0.793. The largest absolute Gasteiger partial charge is 0.295 e. The monoisotopic (exact) mass is 285 g/mol. The molecule has 1 saturated heterocycles. The normalized spacial score (nSPS) is 26.4. The van der Waals surface area contributed by atoms with Crippen molar-refractivity contribution in [2.24, 2.45) is 5.92 Å². The number of likely N-dealkylation sites (tertiary alicyclic amines) is 1. The molecule has 1 aromatic rings. The number of aromatic nitrogens is 2. The van der Waals surface area contributed by atoms with Crippen molar-refractivity contribution in [2.75, 3.05) is 11.9 Å². The van der Waals surface area contributed by atoms with Crippen LogP contribution in [0.1, 0.15) is 25.8 Å².